The molecule has 11 nitrogen and oxygen atoms in total. The zero-order valence-electron chi connectivity index (χ0n) is 19.2. The normalized spacial score (nSPS) is 14.6. The van der Waals surface area contributed by atoms with Gasteiger partial charge in [-0.2, -0.15) is 4.31 Å². The van der Waals surface area contributed by atoms with E-state index in [0.29, 0.717) is 19.5 Å². The summed E-state index contributed by atoms with van der Waals surface area (Å²) in [5, 5.41) is 0. The summed E-state index contributed by atoms with van der Waals surface area (Å²) < 4.78 is 34.1. The molecule has 2 aromatic rings. The SMILES string of the molecule is CCCn1c(N)c(C(=O)COC(=O)c2cccc(S(=O)(=O)N3CCCCC3)c2)c(=O)n(C)c1=O. The lowest BCUT2D eigenvalue weighted by Gasteiger charge is -2.25. The number of carbonyl (C=O) groups excluding carboxylic acids is 2. The molecule has 0 radical (unpaired) electrons. The van der Waals surface area contributed by atoms with Crippen molar-refractivity contribution in [2.24, 2.45) is 7.05 Å². The molecule has 12 heteroatoms. The predicted octanol–water partition coefficient (Wildman–Crippen LogP) is 0.754. The quantitative estimate of drug-likeness (QED) is 0.419. The number of hydrogen-bond acceptors (Lipinski definition) is 8. The fraction of sp³-hybridized carbons (Fsp3) is 0.455. The van der Waals surface area contributed by atoms with Crippen LogP contribution >= 0.6 is 0 Å². The van der Waals surface area contributed by atoms with E-state index in [1.165, 1.54) is 35.6 Å². The van der Waals surface area contributed by atoms with E-state index in [1.807, 2.05) is 0 Å². The van der Waals surface area contributed by atoms with Crippen molar-refractivity contribution >= 4 is 27.6 Å². The number of ketones is 1. The molecule has 3 rings (SSSR count). The fourth-order valence-electron chi connectivity index (χ4n) is 3.81. The number of aromatic nitrogens is 2. The van der Waals surface area contributed by atoms with Crippen LogP contribution in [0.2, 0.25) is 0 Å². The highest BCUT2D eigenvalue weighted by Crippen LogP contribution is 2.21. The Labute approximate surface area is 196 Å². The van der Waals surface area contributed by atoms with Crippen LogP contribution in [0.4, 0.5) is 5.82 Å². The first-order valence-electron chi connectivity index (χ1n) is 11.0. The Balaban J connectivity index is 1.79. The highest BCUT2D eigenvalue weighted by molar-refractivity contribution is 7.89. The number of nitrogens with two attached hydrogens (primary N) is 1. The molecule has 0 aliphatic carbocycles. The molecule has 0 unspecified atom stereocenters. The average Bonchev–Trinajstić information content (AvgIpc) is 2.84. The topological polar surface area (TPSA) is 151 Å². The average molecular weight is 493 g/mol. The highest BCUT2D eigenvalue weighted by Gasteiger charge is 2.27. The second-order valence-corrected chi connectivity index (χ2v) is 9.99. The van der Waals surface area contributed by atoms with Crippen molar-refractivity contribution in [2.45, 2.75) is 44.0 Å². The standard InChI is InChI=1S/C22H28N4O7S/c1-3-10-26-19(23)18(20(28)24(2)22(26)30)17(27)14-33-21(29)15-8-7-9-16(13-15)34(31,32)25-11-5-4-6-12-25/h7-9,13H,3-6,10-12,14,23H2,1-2H3. The number of piperidine rings is 1. The summed E-state index contributed by atoms with van der Waals surface area (Å²) in [5.41, 5.74) is 3.89. The molecule has 2 N–H and O–H groups in total. The van der Waals surface area contributed by atoms with E-state index < -0.39 is 45.2 Å². The molecule has 34 heavy (non-hydrogen) atoms. The molecule has 1 aliphatic rings. The van der Waals surface area contributed by atoms with Gasteiger partial charge in [-0.25, -0.2) is 18.0 Å². The monoisotopic (exact) mass is 492 g/mol. The number of nitrogens with zero attached hydrogens (tertiary/aromatic N) is 3. The number of anilines is 1. The van der Waals surface area contributed by atoms with E-state index in [2.05, 4.69) is 0 Å². The Bertz CT molecular complexity index is 1320. The van der Waals surface area contributed by atoms with E-state index in [0.717, 1.165) is 28.4 Å². The molecule has 1 aliphatic heterocycles. The van der Waals surface area contributed by atoms with Gasteiger partial charge in [-0.15, -0.1) is 0 Å². The first-order chi connectivity index (χ1) is 16.1. The zero-order chi connectivity index (χ0) is 25.0. The minimum absolute atomic E-state index is 0.0417. The number of carbonyl (C=O) groups is 2. The lowest BCUT2D eigenvalue weighted by Crippen LogP contribution is -2.43. The van der Waals surface area contributed by atoms with Crippen LogP contribution in [-0.2, 0) is 28.4 Å². The third kappa shape index (κ3) is 4.97. The van der Waals surface area contributed by atoms with Gasteiger partial charge in [0.1, 0.15) is 11.4 Å². The van der Waals surface area contributed by atoms with Crippen molar-refractivity contribution in [3.05, 3.63) is 56.2 Å². The first-order valence-corrected chi connectivity index (χ1v) is 12.4. The lowest BCUT2D eigenvalue weighted by molar-refractivity contribution is 0.0474. The molecule has 0 saturated carbocycles. The number of sulfonamides is 1. The Morgan fingerprint density at radius 3 is 2.44 bits per heavy atom. The van der Waals surface area contributed by atoms with Crippen LogP contribution in [-0.4, -0.2) is 53.3 Å². The van der Waals surface area contributed by atoms with E-state index in [1.54, 1.807) is 6.92 Å². The van der Waals surface area contributed by atoms with Crippen molar-refractivity contribution in [1.29, 1.82) is 0 Å². The largest absolute Gasteiger partial charge is 0.454 e. The molecule has 1 aromatic carbocycles. The molecule has 2 heterocycles. The number of Topliss-reactive ketones (excluding diaryl/α,β-unsaturated/α-hetero) is 1. The van der Waals surface area contributed by atoms with Crippen molar-refractivity contribution in [3.8, 4) is 0 Å². The molecule has 1 saturated heterocycles. The summed E-state index contributed by atoms with van der Waals surface area (Å²) in [4.78, 5) is 49.9. The van der Waals surface area contributed by atoms with Gasteiger partial charge in [0.05, 0.1) is 10.5 Å². The fourth-order valence-corrected chi connectivity index (χ4v) is 5.37. The van der Waals surface area contributed by atoms with E-state index >= 15 is 0 Å². The van der Waals surface area contributed by atoms with Gasteiger partial charge in [-0.1, -0.05) is 19.4 Å². The van der Waals surface area contributed by atoms with E-state index in [4.69, 9.17) is 10.5 Å². The summed E-state index contributed by atoms with van der Waals surface area (Å²) in [5.74, 6) is -2.08. The van der Waals surface area contributed by atoms with Gasteiger partial charge in [0, 0.05) is 26.7 Å². The van der Waals surface area contributed by atoms with E-state index in [-0.39, 0.29) is 22.8 Å². The summed E-state index contributed by atoms with van der Waals surface area (Å²) in [6.07, 6.45) is 3.06. The maximum absolute atomic E-state index is 12.9. The maximum Gasteiger partial charge on any atom is 0.338 e. The van der Waals surface area contributed by atoms with Crippen LogP contribution in [0, 0.1) is 0 Å². The molecule has 0 spiro atoms. The Morgan fingerprint density at radius 1 is 1.12 bits per heavy atom. The Hall–Kier alpha value is -3.25. The Morgan fingerprint density at radius 2 is 1.79 bits per heavy atom. The number of nitrogen functional groups attached to an aromatic ring is 1. The molecule has 1 aromatic heterocycles. The van der Waals surface area contributed by atoms with Crippen molar-refractivity contribution in [3.63, 3.8) is 0 Å². The third-order valence-electron chi connectivity index (χ3n) is 5.67. The van der Waals surface area contributed by atoms with Crippen molar-refractivity contribution in [1.82, 2.24) is 13.4 Å². The first kappa shape index (κ1) is 25.4. The van der Waals surface area contributed by atoms with Gasteiger partial charge in [0.25, 0.3) is 5.56 Å². The minimum Gasteiger partial charge on any atom is -0.454 e. The Kier molecular flexibility index (Phi) is 7.72. The van der Waals surface area contributed by atoms with Crippen molar-refractivity contribution < 1.29 is 22.7 Å². The van der Waals surface area contributed by atoms with Crippen LogP contribution in [0.3, 0.4) is 0 Å². The van der Waals surface area contributed by atoms with Crippen LogP contribution in [0.5, 0.6) is 0 Å². The molecule has 0 bridgehead atoms. The molecule has 184 valence electrons. The number of rotatable bonds is 8. The number of esters is 1. The summed E-state index contributed by atoms with van der Waals surface area (Å²) in [6, 6.07) is 5.39. The summed E-state index contributed by atoms with van der Waals surface area (Å²) in [6.45, 7) is 2.05. The van der Waals surface area contributed by atoms with Gasteiger partial charge >= 0.3 is 11.7 Å². The predicted molar refractivity (Wildman–Crippen MR) is 124 cm³/mol. The zero-order valence-corrected chi connectivity index (χ0v) is 20.0. The summed E-state index contributed by atoms with van der Waals surface area (Å²) in [7, 11) is -2.53. The molecular weight excluding hydrogens is 464 g/mol. The van der Waals surface area contributed by atoms with Gasteiger partial charge in [-0.3, -0.25) is 18.7 Å². The van der Waals surface area contributed by atoms with Gasteiger partial charge in [0.2, 0.25) is 15.8 Å². The minimum atomic E-state index is -3.76. The molecular formula is C22H28N4O7S. The number of hydrogen-bond donors (Lipinski definition) is 1. The lowest BCUT2D eigenvalue weighted by atomic mass is 10.2. The smallest absolute Gasteiger partial charge is 0.338 e. The van der Waals surface area contributed by atoms with Crippen molar-refractivity contribution in [2.75, 3.05) is 25.4 Å². The van der Waals surface area contributed by atoms with Crippen LogP contribution in [0.15, 0.2) is 38.8 Å². The molecule has 0 amide bonds. The number of ether oxygens (including phenoxy) is 1. The molecule has 0 atom stereocenters. The molecule has 1 fully saturated rings. The number of benzene rings is 1. The second-order valence-electron chi connectivity index (χ2n) is 8.05. The van der Waals surface area contributed by atoms with Crippen LogP contribution < -0.4 is 17.0 Å². The van der Waals surface area contributed by atoms with Gasteiger partial charge in [-0.05, 0) is 37.5 Å². The highest BCUT2D eigenvalue weighted by atomic mass is 32.2. The van der Waals surface area contributed by atoms with E-state index in [9.17, 15) is 27.6 Å². The van der Waals surface area contributed by atoms with Gasteiger partial charge < -0.3 is 10.5 Å². The van der Waals surface area contributed by atoms with Gasteiger partial charge in [0.15, 0.2) is 6.61 Å². The maximum atomic E-state index is 12.9. The third-order valence-corrected chi connectivity index (χ3v) is 7.56. The van der Waals surface area contributed by atoms with Crippen LogP contribution in [0.1, 0.15) is 53.3 Å². The summed E-state index contributed by atoms with van der Waals surface area (Å²) >= 11 is 0. The van der Waals surface area contributed by atoms with Crippen LogP contribution in [0.25, 0.3) is 0 Å². The second kappa shape index (κ2) is 10.3.